The predicted molar refractivity (Wildman–Crippen MR) is 75.3 cm³/mol. The van der Waals surface area contributed by atoms with E-state index in [0.717, 1.165) is 17.7 Å². The third kappa shape index (κ3) is 2.26. The van der Waals surface area contributed by atoms with Crippen molar-refractivity contribution >= 4 is 11.0 Å². The lowest BCUT2D eigenvalue weighted by atomic mass is 10.2. The first-order valence-corrected chi connectivity index (χ1v) is 6.67. The van der Waals surface area contributed by atoms with Crippen molar-refractivity contribution in [2.45, 2.75) is 19.8 Å². The first-order valence-electron chi connectivity index (χ1n) is 6.67. The van der Waals surface area contributed by atoms with Gasteiger partial charge in [-0.1, -0.05) is 30.3 Å². The summed E-state index contributed by atoms with van der Waals surface area (Å²) >= 11 is 0. The molecule has 3 rings (SSSR count). The zero-order valence-corrected chi connectivity index (χ0v) is 11.4. The number of nitrogens with zero attached hydrogens (tertiary/aromatic N) is 3. The summed E-state index contributed by atoms with van der Waals surface area (Å²) in [6.07, 6.45) is 1.73. The molecule has 2 aromatic carbocycles. The van der Waals surface area contributed by atoms with Gasteiger partial charge in [0.1, 0.15) is 11.0 Å². The minimum atomic E-state index is -0.707. The lowest BCUT2D eigenvalue weighted by Gasteiger charge is -2.12. The van der Waals surface area contributed by atoms with Crippen molar-refractivity contribution in [1.82, 2.24) is 15.2 Å². The summed E-state index contributed by atoms with van der Waals surface area (Å²) in [6, 6.07) is 7.13. The molecule has 0 unspecified atom stereocenters. The van der Waals surface area contributed by atoms with E-state index in [1.807, 2.05) is 13.0 Å². The van der Waals surface area contributed by atoms with E-state index in [1.54, 1.807) is 18.2 Å². The highest BCUT2D eigenvalue weighted by Gasteiger charge is 2.26. The van der Waals surface area contributed by atoms with Crippen molar-refractivity contribution in [3.8, 4) is 11.5 Å². The summed E-state index contributed by atoms with van der Waals surface area (Å²) in [7, 11) is 0. The smallest absolute Gasteiger partial charge is 0.278 e. The zero-order valence-electron chi connectivity index (χ0n) is 11.4. The van der Waals surface area contributed by atoms with Crippen molar-refractivity contribution < 1.29 is 9.57 Å². The lowest BCUT2D eigenvalue weighted by molar-refractivity contribution is 0.164. The van der Waals surface area contributed by atoms with Crippen LogP contribution in [0.2, 0.25) is 0 Å². The van der Waals surface area contributed by atoms with Crippen molar-refractivity contribution in [1.29, 1.82) is 0 Å². The van der Waals surface area contributed by atoms with Gasteiger partial charge in [0.25, 0.3) is 16.6 Å². The summed E-state index contributed by atoms with van der Waals surface area (Å²) in [6.45, 7) is 2.38. The van der Waals surface area contributed by atoms with Crippen LogP contribution in [-0.2, 0) is 0 Å². The van der Waals surface area contributed by atoms with Crippen molar-refractivity contribution in [2.75, 3.05) is 6.61 Å². The van der Waals surface area contributed by atoms with E-state index in [9.17, 15) is 9.59 Å². The predicted octanol–water partition coefficient (Wildman–Crippen LogP) is 1.05. The molecule has 0 N–H and O–H groups in total. The minimum Gasteiger partial charge on any atom is -0.486 e. The summed E-state index contributed by atoms with van der Waals surface area (Å²) in [5.74, 6) is -0.153. The third-order valence-electron chi connectivity index (χ3n) is 3.07. The van der Waals surface area contributed by atoms with Gasteiger partial charge in [0.05, 0.1) is 6.61 Å². The van der Waals surface area contributed by atoms with Gasteiger partial charge in [-0.3, -0.25) is 9.59 Å². The fraction of sp³-hybridized carbons (Fsp3) is 0.286. The number of fused-ring (bicyclic) bond motifs is 1. The summed E-state index contributed by atoms with van der Waals surface area (Å²) in [5.41, 5.74) is -0.138. The van der Waals surface area contributed by atoms with Gasteiger partial charge in [0.15, 0.2) is 0 Å². The van der Waals surface area contributed by atoms with Gasteiger partial charge in [-0.05, 0) is 23.8 Å². The quantitative estimate of drug-likeness (QED) is 0.498. The molecule has 0 aliphatic rings. The second-order valence-corrected chi connectivity index (χ2v) is 4.56. The Balaban J connectivity index is 1.87. The Hall–Kier alpha value is -2.70. The monoisotopic (exact) mass is 287 g/mol. The van der Waals surface area contributed by atoms with Crippen molar-refractivity contribution in [2.24, 2.45) is 0 Å². The molecule has 7 heteroatoms. The highest BCUT2D eigenvalue weighted by atomic mass is 16.7. The van der Waals surface area contributed by atoms with Crippen molar-refractivity contribution in [3.05, 3.63) is 44.7 Å². The molecule has 0 amide bonds. The van der Waals surface area contributed by atoms with Crippen LogP contribution in [0.1, 0.15) is 19.8 Å². The van der Waals surface area contributed by atoms with Gasteiger partial charge in [0, 0.05) is 0 Å². The molecule has 0 radical (unpaired) electrons. The highest BCUT2D eigenvalue weighted by molar-refractivity contribution is 5.73. The molecule has 0 saturated heterocycles. The number of para-hydroxylation sites is 1. The highest BCUT2D eigenvalue weighted by Crippen LogP contribution is 2.22. The molecule has 0 spiro atoms. The van der Waals surface area contributed by atoms with E-state index in [4.69, 9.17) is 9.57 Å². The fourth-order valence-electron chi connectivity index (χ4n) is 1.88. The number of hydrogen-bond acceptors (Lipinski definition) is 6. The Kier molecular flexibility index (Phi) is 3.39. The average molecular weight is 287 g/mol. The molecule has 7 nitrogen and oxygen atoms in total. The molecule has 21 heavy (non-hydrogen) atoms. The van der Waals surface area contributed by atoms with Gasteiger partial charge < -0.3 is 9.57 Å². The maximum atomic E-state index is 11.6. The Morgan fingerprint density at radius 3 is 2.71 bits per heavy atom. The number of aromatic nitrogens is 3. The maximum Gasteiger partial charge on any atom is 0.278 e. The molecule has 0 atom stereocenters. The first kappa shape index (κ1) is 13.3. The molecule has 108 valence electrons. The largest absolute Gasteiger partial charge is 0.486 e. The molecule has 0 fully saturated rings. The van der Waals surface area contributed by atoms with Gasteiger partial charge in [-0.25, -0.2) is 0 Å². The molecule has 0 bridgehead atoms. The number of hydrogen-bond donors (Lipinski definition) is 0. The first-order chi connectivity index (χ1) is 10.2. The van der Waals surface area contributed by atoms with Crippen LogP contribution >= 0.6 is 0 Å². The lowest BCUT2D eigenvalue weighted by Crippen LogP contribution is -2.35. The Morgan fingerprint density at radius 1 is 1.14 bits per heavy atom. The van der Waals surface area contributed by atoms with Gasteiger partial charge in [-0.2, -0.15) is 0 Å². The van der Waals surface area contributed by atoms with Gasteiger partial charge in [0.2, 0.25) is 5.75 Å². The minimum absolute atomic E-state index is 0.0342. The van der Waals surface area contributed by atoms with Gasteiger partial charge in [-0.15, -0.1) is 5.10 Å². The van der Waals surface area contributed by atoms with Crippen LogP contribution in [0.15, 0.2) is 33.9 Å². The molecule has 0 aliphatic carbocycles. The normalized spacial score (nSPS) is 11.1. The molecule has 0 saturated carbocycles. The topological polar surface area (TPSA) is 83.3 Å². The van der Waals surface area contributed by atoms with Crippen LogP contribution in [-0.4, -0.2) is 21.8 Å². The van der Waals surface area contributed by atoms with E-state index in [-0.39, 0.29) is 11.5 Å². The Labute approximate surface area is 119 Å². The van der Waals surface area contributed by atoms with Crippen LogP contribution in [0.5, 0.6) is 11.5 Å². The van der Waals surface area contributed by atoms with Crippen LogP contribution in [0, 0.1) is 0 Å². The number of ether oxygens (including phenoxy) is 1. The van der Waals surface area contributed by atoms with Crippen LogP contribution in [0.3, 0.4) is 0 Å². The second-order valence-electron chi connectivity index (χ2n) is 4.56. The van der Waals surface area contributed by atoms with Gasteiger partial charge >= 0.3 is 0 Å². The number of unbranched alkanes of at least 4 members (excludes halogenated alkanes) is 1. The molecule has 1 heterocycles. The van der Waals surface area contributed by atoms with E-state index in [1.165, 1.54) is 0 Å². The third-order valence-corrected chi connectivity index (χ3v) is 3.07. The van der Waals surface area contributed by atoms with E-state index < -0.39 is 10.9 Å². The number of rotatable bonds is 6. The Morgan fingerprint density at radius 2 is 1.90 bits per heavy atom. The van der Waals surface area contributed by atoms with Crippen LogP contribution in [0.25, 0.3) is 11.0 Å². The molecule has 3 aromatic rings. The van der Waals surface area contributed by atoms with Crippen molar-refractivity contribution in [3.63, 3.8) is 0 Å². The summed E-state index contributed by atoms with van der Waals surface area (Å²) in [5, 5.41) is 7.70. The second kappa shape index (κ2) is 5.35. The standard InChI is InChI=1S/C14H13N3O4/c1-2-3-8-20-13-11(18)12(19)14(13)21-17-10-7-5-4-6-9(10)15-16-17/h4-7H,2-3,8H2,1H3. The molecular formula is C14H13N3O4. The molecular weight excluding hydrogens is 274 g/mol. The number of benzene rings is 1. The summed E-state index contributed by atoms with van der Waals surface area (Å²) < 4.78 is 5.30. The zero-order chi connectivity index (χ0) is 14.8. The summed E-state index contributed by atoms with van der Waals surface area (Å²) in [4.78, 5) is 29.6. The van der Waals surface area contributed by atoms with Crippen LogP contribution in [0.4, 0.5) is 0 Å². The molecule has 0 aliphatic heterocycles. The SMILES string of the molecule is CCCCOc1c(On2nnc3ccccc32)c(=O)c1=O. The van der Waals surface area contributed by atoms with E-state index >= 15 is 0 Å². The fourth-order valence-corrected chi connectivity index (χ4v) is 1.88. The average Bonchev–Trinajstić information content (AvgIpc) is 2.93. The molecule has 1 aromatic heterocycles. The van der Waals surface area contributed by atoms with Crippen LogP contribution < -0.4 is 20.4 Å². The Bertz CT molecular complexity index is 845. The van der Waals surface area contributed by atoms with E-state index in [2.05, 4.69) is 10.3 Å². The maximum absolute atomic E-state index is 11.6. The van der Waals surface area contributed by atoms with E-state index in [0.29, 0.717) is 17.6 Å².